The molecule has 3 aromatic carbocycles. The molecule has 0 radical (unpaired) electrons. The summed E-state index contributed by atoms with van der Waals surface area (Å²) in [6, 6.07) is 29.2. The topological polar surface area (TPSA) is 72.9 Å². The van der Waals surface area contributed by atoms with Crippen molar-refractivity contribution in [2.75, 3.05) is 14.2 Å². The molecular formula is C31H32NO5P. The number of methoxy groups -OCH3 is 2. The van der Waals surface area contributed by atoms with Gasteiger partial charge in [-0.25, -0.2) is 4.79 Å². The molecule has 196 valence electrons. The van der Waals surface area contributed by atoms with Crippen LogP contribution in [0.25, 0.3) is 0 Å². The molecule has 1 saturated carbocycles. The maximum atomic E-state index is 14.0. The summed E-state index contributed by atoms with van der Waals surface area (Å²) in [6.45, 7) is -2.92. The Balaban J connectivity index is 1.86. The Hall–Kier alpha value is -3.47. The lowest BCUT2D eigenvalue weighted by Gasteiger charge is -2.48. The van der Waals surface area contributed by atoms with Crippen molar-refractivity contribution in [1.29, 1.82) is 0 Å². The maximum absolute atomic E-state index is 14.0. The van der Waals surface area contributed by atoms with Crippen LogP contribution < -0.4 is 15.9 Å². The fourth-order valence-electron chi connectivity index (χ4n) is 5.96. The molecule has 0 unspecified atom stereocenters. The second kappa shape index (κ2) is 11.1. The number of β-lactam (4-membered cyclic amide) rings is 1. The number of nitrogens with zero attached hydrogens (tertiary/aromatic N) is 1. The highest BCUT2D eigenvalue weighted by molar-refractivity contribution is 7.96. The summed E-state index contributed by atoms with van der Waals surface area (Å²) in [7, 11) is 2.90. The summed E-state index contributed by atoms with van der Waals surface area (Å²) < 4.78 is 10.9. The van der Waals surface area contributed by atoms with Crippen LogP contribution in [0, 0.1) is 5.92 Å². The van der Waals surface area contributed by atoms with Crippen molar-refractivity contribution in [3.63, 3.8) is 0 Å². The number of Topliss-reactive ketones (excluding diaryl/α,β-unsaturated/α-hetero) is 1. The van der Waals surface area contributed by atoms with E-state index in [4.69, 9.17) is 9.47 Å². The first kappa shape index (κ1) is 26.1. The predicted octanol–water partition coefficient (Wildman–Crippen LogP) is 3.27. The van der Waals surface area contributed by atoms with Crippen molar-refractivity contribution in [3.05, 3.63) is 91.0 Å². The highest BCUT2D eigenvalue weighted by Crippen LogP contribution is 2.49. The van der Waals surface area contributed by atoms with Gasteiger partial charge in [-0.2, -0.15) is 0 Å². The monoisotopic (exact) mass is 529 g/mol. The van der Waals surface area contributed by atoms with Crippen molar-refractivity contribution in [3.8, 4) is 0 Å². The van der Waals surface area contributed by atoms with E-state index >= 15 is 0 Å². The normalized spacial score (nSPS) is 21.5. The molecule has 6 nitrogen and oxygen atoms in total. The largest absolute Gasteiger partial charge is 0.464 e. The molecule has 1 aliphatic heterocycles. The molecule has 3 atom stereocenters. The number of esters is 1. The molecule has 0 aromatic heterocycles. The summed E-state index contributed by atoms with van der Waals surface area (Å²) >= 11 is 0. The third-order valence-electron chi connectivity index (χ3n) is 7.74. The van der Waals surface area contributed by atoms with Gasteiger partial charge < -0.3 is 14.4 Å². The summed E-state index contributed by atoms with van der Waals surface area (Å²) in [5, 5.41) is 2.79. The van der Waals surface area contributed by atoms with E-state index in [2.05, 4.69) is 0 Å². The van der Waals surface area contributed by atoms with Gasteiger partial charge in [-0.15, -0.1) is 0 Å². The van der Waals surface area contributed by atoms with E-state index in [1.54, 1.807) is 12.0 Å². The summed E-state index contributed by atoms with van der Waals surface area (Å²) in [4.78, 5) is 42.5. The number of likely N-dealkylation sites (tertiary alicyclic amines) is 1. The Labute approximate surface area is 223 Å². The number of carbonyl (C=O) groups excluding carboxylic acids is 3. The molecule has 5 rings (SSSR count). The first-order valence-electron chi connectivity index (χ1n) is 12.9. The number of hydrogen-bond donors (Lipinski definition) is 0. The number of benzene rings is 3. The minimum atomic E-state index is -2.92. The molecule has 1 amide bonds. The number of rotatable bonds is 7. The number of amides is 1. The van der Waals surface area contributed by atoms with Crippen molar-refractivity contribution >= 4 is 45.9 Å². The van der Waals surface area contributed by atoms with Gasteiger partial charge in [0.1, 0.15) is 11.5 Å². The molecule has 3 aromatic rings. The molecule has 0 N–H and O–H groups in total. The van der Waals surface area contributed by atoms with Crippen LogP contribution in [-0.4, -0.2) is 54.3 Å². The van der Waals surface area contributed by atoms with E-state index in [9.17, 15) is 14.4 Å². The SMILES string of the molecule is COC(=O)C(N1C(=O)C[C@H]1[C@H]1CCC[C@@H](OC)C1=O)=P(c1ccccc1)(c1ccccc1)c1ccccc1. The van der Waals surface area contributed by atoms with E-state index in [0.717, 1.165) is 22.3 Å². The first-order chi connectivity index (χ1) is 18.5. The second-order valence-electron chi connectivity index (χ2n) is 9.69. The van der Waals surface area contributed by atoms with Crippen molar-refractivity contribution in [1.82, 2.24) is 4.90 Å². The maximum Gasteiger partial charge on any atom is 0.355 e. The quantitative estimate of drug-likeness (QED) is 0.267. The molecule has 1 saturated heterocycles. The van der Waals surface area contributed by atoms with Crippen LogP contribution in [0.3, 0.4) is 0 Å². The zero-order valence-corrected chi connectivity index (χ0v) is 22.6. The second-order valence-corrected chi connectivity index (χ2v) is 13.0. The highest BCUT2D eigenvalue weighted by Gasteiger charge is 2.52. The molecule has 2 aliphatic rings. The third-order valence-corrected chi connectivity index (χ3v) is 12.0. The lowest BCUT2D eigenvalue weighted by atomic mass is 9.76. The van der Waals surface area contributed by atoms with Crippen LogP contribution >= 0.6 is 6.89 Å². The van der Waals surface area contributed by atoms with Crippen LogP contribution in [0.5, 0.6) is 0 Å². The fourth-order valence-corrected chi connectivity index (χ4v) is 10.4. The van der Waals surface area contributed by atoms with Crippen molar-refractivity contribution < 1.29 is 23.9 Å². The van der Waals surface area contributed by atoms with Gasteiger partial charge >= 0.3 is 5.97 Å². The molecule has 38 heavy (non-hydrogen) atoms. The van der Waals surface area contributed by atoms with Crippen LogP contribution in [0.4, 0.5) is 0 Å². The van der Waals surface area contributed by atoms with Gasteiger partial charge in [0.25, 0.3) is 0 Å². The average Bonchev–Trinajstić information content (AvgIpc) is 2.97. The van der Waals surface area contributed by atoms with Gasteiger partial charge in [-0.05, 0) is 35.2 Å². The molecule has 1 aliphatic carbocycles. The van der Waals surface area contributed by atoms with Crippen LogP contribution in [0.2, 0.25) is 0 Å². The van der Waals surface area contributed by atoms with Crippen molar-refractivity contribution in [2.24, 2.45) is 5.92 Å². The number of ether oxygens (including phenoxy) is 2. The Morgan fingerprint density at radius 1 is 0.789 bits per heavy atom. The molecule has 0 spiro atoms. The van der Waals surface area contributed by atoms with Gasteiger partial charge in [0.05, 0.1) is 13.2 Å². The molecule has 1 heterocycles. The molecular weight excluding hydrogens is 497 g/mol. The summed E-state index contributed by atoms with van der Waals surface area (Å²) in [5.41, 5.74) is 0.317. The van der Waals surface area contributed by atoms with Gasteiger partial charge in [-0.3, -0.25) is 9.59 Å². The zero-order valence-electron chi connectivity index (χ0n) is 21.7. The minimum Gasteiger partial charge on any atom is -0.464 e. The van der Waals surface area contributed by atoms with E-state index in [1.165, 1.54) is 7.11 Å². The highest BCUT2D eigenvalue weighted by atomic mass is 31.2. The molecule has 0 bridgehead atoms. The smallest absolute Gasteiger partial charge is 0.355 e. The van der Waals surface area contributed by atoms with Crippen LogP contribution in [-0.2, 0) is 23.9 Å². The van der Waals surface area contributed by atoms with Crippen LogP contribution in [0.15, 0.2) is 91.0 Å². The van der Waals surface area contributed by atoms with E-state index in [-0.39, 0.29) is 18.1 Å². The van der Waals surface area contributed by atoms with Crippen molar-refractivity contribution in [2.45, 2.75) is 37.8 Å². The first-order valence-corrected chi connectivity index (χ1v) is 14.7. The van der Waals surface area contributed by atoms with Gasteiger partial charge in [0, 0.05) is 26.3 Å². The van der Waals surface area contributed by atoms with Gasteiger partial charge in [0.15, 0.2) is 5.78 Å². The molecule has 7 heteroatoms. The van der Waals surface area contributed by atoms with E-state index in [0.29, 0.717) is 18.3 Å². The standard InChI is InChI=1S/C31H32NO5P/c1-36-27-20-12-19-25(29(27)34)26-21-28(33)32(26)30(31(35)37-2)38(22-13-6-3-7-14-22,23-15-8-4-9-16-23)24-17-10-5-11-18-24/h3-11,13-18,25-27H,12,19-21H2,1-2H3/t25-,26+,27-/m1/s1. The average molecular weight is 530 g/mol. The fraction of sp³-hybridized carbons (Fsp3) is 0.290. The Morgan fingerprint density at radius 3 is 1.71 bits per heavy atom. The lowest BCUT2D eigenvalue weighted by molar-refractivity contribution is -0.151. The van der Waals surface area contributed by atoms with Crippen LogP contribution in [0.1, 0.15) is 25.7 Å². The van der Waals surface area contributed by atoms with Gasteiger partial charge in [-0.1, -0.05) is 91.0 Å². The minimum absolute atomic E-state index is 0.00790. The summed E-state index contributed by atoms with van der Waals surface area (Å²) in [5.74, 6) is -1.11. The Kier molecular flexibility index (Phi) is 7.64. The third kappa shape index (κ3) is 4.32. The zero-order chi connectivity index (χ0) is 26.7. The Morgan fingerprint density at radius 2 is 1.29 bits per heavy atom. The van der Waals surface area contributed by atoms with Gasteiger partial charge in [0.2, 0.25) is 5.91 Å². The number of carbonyl (C=O) groups is 3. The number of ketones is 1. The Bertz CT molecular complexity index is 1270. The summed E-state index contributed by atoms with van der Waals surface area (Å²) in [6.07, 6.45) is 1.90. The predicted molar refractivity (Wildman–Crippen MR) is 151 cm³/mol. The van der Waals surface area contributed by atoms with E-state index in [1.807, 2.05) is 91.0 Å². The number of hydrogen-bond acceptors (Lipinski definition) is 5. The molecule has 2 fully saturated rings. The lowest BCUT2D eigenvalue weighted by Crippen LogP contribution is -2.64. The van der Waals surface area contributed by atoms with E-state index < -0.39 is 30.9 Å².